The Hall–Kier alpha value is 0.753. The molecule has 0 saturated carbocycles. The van der Waals surface area contributed by atoms with E-state index in [-0.39, 0.29) is 125 Å². The van der Waals surface area contributed by atoms with Gasteiger partial charge in [-0.1, -0.05) is 44.5 Å². The molecule has 2 atom stereocenters. The molecule has 0 amide bonds. The van der Waals surface area contributed by atoms with Crippen LogP contribution in [0.15, 0.2) is 58.3 Å². The van der Waals surface area contributed by atoms with Crippen molar-refractivity contribution in [1.29, 1.82) is 0 Å². The first-order valence-corrected chi connectivity index (χ1v) is 17.6. The van der Waals surface area contributed by atoms with E-state index in [0.29, 0.717) is 31.6 Å². The van der Waals surface area contributed by atoms with Crippen molar-refractivity contribution in [1.82, 2.24) is 9.62 Å². The van der Waals surface area contributed by atoms with Crippen molar-refractivity contribution >= 4 is 36.2 Å². The molecule has 2 saturated heterocycles. The number of hydrogen-bond acceptors (Lipinski definition) is 10. The average Bonchev–Trinajstić information content (AvgIpc) is 3.04. The van der Waals surface area contributed by atoms with Crippen molar-refractivity contribution in [3.8, 4) is 0 Å². The minimum absolute atomic E-state index is 0. The van der Waals surface area contributed by atoms with Crippen LogP contribution in [0.4, 0.5) is 26.3 Å². The van der Waals surface area contributed by atoms with Crippen molar-refractivity contribution in [2.75, 3.05) is 26.3 Å². The predicted molar refractivity (Wildman–Crippen MR) is 162 cm³/mol. The molecule has 2 aromatic carbocycles. The van der Waals surface area contributed by atoms with Gasteiger partial charge in [0.05, 0.1) is 34.1 Å². The molecule has 11 nitrogen and oxygen atoms in total. The van der Waals surface area contributed by atoms with Crippen molar-refractivity contribution in [2.24, 2.45) is 0 Å². The largest absolute Gasteiger partial charge is 1.00 e. The van der Waals surface area contributed by atoms with Gasteiger partial charge in [-0.2, -0.15) is 30.6 Å². The number of halogens is 7. The monoisotopic (exact) mass is 838 g/mol. The van der Waals surface area contributed by atoms with Crippen molar-refractivity contribution < 1.29 is 173 Å². The normalized spacial score (nSPS) is 17.9. The second-order valence-electron chi connectivity index (χ2n) is 9.90. The first-order chi connectivity index (χ1) is 21.9. The van der Waals surface area contributed by atoms with E-state index in [2.05, 4.69) is 10.2 Å². The molecular weight excluding hydrogens is 800 g/mol. The zero-order valence-electron chi connectivity index (χ0n) is 27.6. The fourth-order valence-corrected chi connectivity index (χ4v) is 7.51. The van der Waals surface area contributed by atoms with E-state index < -0.39 is 65.0 Å². The molecule has 2 fully saturated rings. The third-order valence-corrected chi connectivity index (χ3v) is 10.1. The molecule has 3 N–H and O–H groups in total. The number of carbonyl (C=O) groups is 1. The van der Waals surface area contributed by atoms with Crippen molar-refractivity contribution in [2.45, 2.75) is 80.2 Å². The summed E-state index contributed by atoms with van der Waals surface area (Å²) in [7, 11) is -3.81. The van der Waals surface area contributed by atoms with Gasteiger partial charge in [0.2, 0.25) is 10.0 Å². The Labute approximate surface area is 379 Å². The van der Waals surface area contributed by atoms with Gasteiger partial charge < -0.3 is 27.1 Å². The summed E-state index contributed by atoms with van der Waals surface area (Å²) in [6, 6.07) is 7.60. The smallest absolute Gasteiger partial charge is 1.00 e. The zero-order valence-corrected chi connectivity index (χ0v) is 35.2. The first kappa shape index (κ1) is 55.1. The first-order valence-electron chi connectivity index (χ1n) is 13.8. The SMILES string of the molecule is C.O=CO[O-].O=S(=O)(Cl)c1ccccc1C(F)(F)F.O=S(=O)(c1ccccc1C(F)(F)F)N1CCCCC1CO.OCC1CCCCN1.[H-].[K+].[K+]. The molecule has 0 aromatic heterocycles. The fraction of sp³-hybridized carbons (Fsp3) is 0.536. The van der Waals surface area contributed by atoms with Crippen molar-refractivity contribution in [3.05, 3.63) is 59.7 Å². The number of piperidine rings is 2. The molecular formula is C28H39ClF6K2N2O9S2. The van der Waals surface area contributed by atoms with Crippen LogP contribution in [0.3, 0.4) is 0 Å². The predicted octanol–water partition coefficient (Wildman–Crippen LogP) is -1.81. The minimum Gasteiger partial charge on any atom is -1.00 e. The molecule has 0 aliphatic carbocycles. The summed E-state index contributed by atoms with van der Waals surface area (Å²) in [4.78, 5) is 9.58. The summed E-state index contributed by atoms with van der Waals surface area (Å²) in [5.74, 6) is 0. The second-order valence-corrected chi connectivity index (χ2v) is 14.3. The number of nitrogens with one attached hydrogen (secondary N) is 1. The third kappa shape index (κ3) is 18.9. The summed E-state index contributed by atoms with van der Waals surface area (Å²) in [6.45, 7) is 0.943. The molecule has 2 heterocycles. The molecule has 0 bridgehead atoms. The van der Waals surface area contributed by atoms with Crippen LogP contribution in [0.1, 0.15) is 58.5 Å². The van der Waals surface area contributed by atoms with Gasteiger partial charge in [-0.05, 0) is 56.5 Å². The van der Waals surface area contributed by atoms with Gasteiger partial charge in [0.1, 0.15) is 0 Å². The molecule has 22 heteroatoms. The number of rotatable bonds is 6. The van der Waals surface area contributed by atoms with Gasteiger partial charge in [0.25, 0.3) is 15.5 Å². The average molecular weight is 839 g/mol. The van der Waals surface area contributed by atoms with Crippen LogP contribution in [0, 0.1) is 0 Å². The van der Waals surface area contributed by atoms with Crippen LogP contribution in [0.25, 0.3) is 0 Å². The summed E-state index contributed by atoms with van der Waals surface area (Å²) in [5, 5.41) is 29.6. The maximum Gasteiger partial charge on any atom is 1.00 e. The van der Waals surface area contributed by atoms with Crippen LogP contribution in [-0.4, -0.2) is 76.2 Å². The standard InChI is InChI=1S/C13H16F3NO3S.C7H4ClF3O2S.C6H13NO.CH2O3.CH4.2K.H/c14-13(15,16)11-6-1-2-7-12(11)21(19,20)17-8-4-3-5-10(17)9-18;8-14(12,13)6-4-2-1-3-5(6)7(9,10)11;8-5-6-3-1-2-4-7-6;2-1-4-3;;;;/h1-2,6-7,10,18H,3-5,8-9H2;1-4H;6-8H,1-5H2;1,3H;1H4;;;/q;;;;;2*+1;-1/p-1. The number of nitrogens with zero attached hydrogens (tertiary/aromatic N) is 1. The molecule has 2 aliphatic rings. The van der Waals surface area contributed by atoms with E-state index in [0.717, 1.165) is 54.0 Å². The molecule has 0 radical (unpaired) electrons. The van der Waals surface area contributed by atoms with Gasteiger partial charge in [0, 0.05) is 29.3 Å². The second kappa shape index (κ2) is 26.5. The number of aliphatic hydroxyl groups is 2. The zero-order chi connectivity index (χ0) is 35.9. The van der Waals surface area contributed by atoms with Gasteiger partial charge in [-0.25, -0.2) is 16.8 Å². The number of hydrogen-bond donors (Lipinski definition) is 3. The summed E-state index contributed by atoms with van der Waals surface area (Å²) in [6.07, 6.45) is -4.00. The quantitative estimate of drug-likeness (QED) is 0.0752. The number of aliphatic hydroxyl groups excluding tert-OH is 2. The third-order valence-electron chi connectivity index (χ3n) is 6.69. The number of sulfonamides is 1. The summed E-state index contributed by atoms with van der Waals surface area (Å²) in [5.41, 5.74) is -2.43. The topological polar surface area (TPSA) is 173 Å². The van der Waals surface area contributed by atoms with Crippen LogP contribution in [-0.2, 0) is 41.1 Å². The molecule has 2 aliphatic heterocycles. The number of carbonyl (C=O) groups excluding carboxylic acids is 1. The molecule has 50 heavy (non-hydrogen) atoms. The Morgan fingerprint density at radius 2 is 1.32 bits per heavy atom. The minimum atomic E-state index is -4.74. The fourth-order valence-electron chi connectivity index (χ4n) is 4.52. The summed E-state index contributed by atoms with van der Waals surface area (Å²) >= 11 is 0. The molecule has 0 spiro atoms. The van der Waals surface area contributed by atoms with Gasteiger partial charge in [0.15, 0.2) is 0 Å². The maximum absolute atomic E-state index is 13.0. The Kier molecular flexibility index (Phi) is 29.2. The van der Waals surface area contributed by atoms with Crippen LogP contribution < -0.4 is 113 Å². The van der Waals surface area contributed by atoms with Gasteiger partial charge in [-0.15, -0.1) is 0 Å². The Balaban J connectivity index is -0.000000320. The van der Waals surface area contributed by atoms with Gasteiger partial charge >= 0.3 is 115 Å². The van der Waals surface area contributed by atoms with E-state index in [1.165, 1.54) is 25.0 Å². The van der Waals surface area contributed by atoms with Gasteiger partial charge in [-0.3, -0.25) is 4.79 Å². The molecule has 278 valence electrons. The number of benzene rings is 2. The van der Waals surface area contributed by atoms with E-state index >= 15 is 0 Å². The van der Waals surface area contributed by atoms with E-state index in [9.17, 15) is 48.3 Å². The maximum atomic E-state index is 13.0. The molecule has 2 aromatic rings. The molecule has 2 unspecified atom stereocenters. The molecule has 4 rings (SSSR count). The van der Waals surface area contributed by atoms with Crippen LogP contribution in [0.2, 0.25) is 0 Å². The van der Waals surface area contributed by atoms with Crippen molar-refractivity contribution in [3.63, 3.8) is 0 Å². The summed E-state index contributed by atoms with van der Waals surface area (Å²) < 4.78 is 123. The van der Waals surface area contributed by atoms with E-state index in [4.69, 9.17) is 25.8 Å². The van der Waals surface area contributed by atoms with E-state index in [1.807, 2.05) is 0 Å². The van der Waals surface area contributed by atoms with Crippen LogP contribution in [0.5, 0.6) is 0 Å². The number of alkyl halides is 6. The van der Waals surface area contributed by atoms with Crippen LogP contribution >= 0.6 is 10.7 Å². The Morgan fingerprint density at radius 3 is 1.68 bits per heavy atom. The Bertz CT molecular complexity index is 1480. The van der Waals surface area contributed by atoms with E-state index in [1.54, 1.807) is 0 Å². The Morgan fingerprint density at radius 1 is 0.860 bits per heavy atom.